The standard InChI is InChI=1S/C20H15FN2O6/c1-10(22-19(24)12-4-7-14-15(8-12)28-9-27-14)16-17(23-29-18(16)20(25)26)11-2-5-13(21)6-3-11/h2-8,10H,9H2,1H3,(H,22,24)(H,25,26)/t10-/m1/s1. The lowest BCUT2D eigenvalue weighted by Gasteiger charge is -2.15. The molecule has 0 fully saturated rings. The maximum atomic E-state index is 13.2. The topological polar surface area (TPSA) is 111 Å². The predicted octanol–water partition coefficient (Wildman–Crippen LogP) is 3.40. The molecule has 8 nitrogen and oxygen atoms in total. The minimum atomic E-state index is -1.33. The Morgan fingerprint density at radius 3 is 2.59 bits per heavy atom. The van der Waals surface area contributed by atoms with Crippen molar-refractivity contribution >= 4 is 11.9 Å². The number of carboxylic acid groups (broad SMARTS) is 1. The van der Waals surface area contributed by atoms with E-state index in [4.69, 9.17) is 14.0 Å². The number of amides is 1. The Hall–Kier alpha value is -3.88. The van der Waals surface area contributed by atoms with Crippen LogP contribution in [0.15, 0.2) is 47.0 Å². The summed E-state index contributed by atoms with van der Waals surface area (Å²) in [5, 5.41) is 16.0. The molecular formula is C20H15FN2O6. The van der Waals surface area contributed by atoms with Gasteiger partial charge in [-0.2, -0.15) is 0 Å². The van der Waals surface area contributed by atoms with Crippen molar-refractivity contribution in [2.75, 3.05) is 6.79 Å². The lowest BCUT2D eigenvalue weighted by atomic mass is 10.00. The Bertz CT molecular complexity index is 1090. The zero-order chi connectivity index (χ0) is 20.5. The van der Waals surface area contributed by atoms with Gasteiger partial charge in [-0.05, 0) is 49.4 Å². The third-order valence-electron chi connectivity index (χ3n) is 4.46. The number of ether oxygens (including phenoxy) is 2. The Morgan fingerprint density at radius 2 is 1.86 bits per heavy atom. The number of hydrogen-bond donors (Lipinski definition) is 2. The fourth-order valence-corrected chi connectivity index (χ4v) is 3.06. The zero-order valence-corrected chi connectivity index (χ0v) is 15.1. The lowest BCUT2D eigenvalue weighted by molar-refractivity contribution is 0.0648. The largest absolute Gasteiger partial charge is 0.475 e. The highest BCUT2D eigenvalue weighted by atomic mass is 19.1. The van der Waals surface area contributed by atoms with Crippen LogP contribution >= 0.6 is 0 Å². The first kappa shape index (κ1) is 18.5. The second-order valence-corrected chi connectivity index (χ2v) is 6.35. The maximum absolute atomic E-state index is 13.2. The van der Waals surface area contributed by atoms with Crippen molar-refractivity contribution in [1.82, 2.24) is 10.5 Å². The number of nitrogens with zero attached hydrogens (tertiary/aromatic N) is 1. The summed E-state index contributed by atoms with van der Waals surface area (Å²) in [6, 6.07) is 9.33. The summed E-state index contributed by atoms with van der Waals surface area (Å²) >= 11 is 0. The molecule has 148 valence electrons. The predicted molar refractivity (Wildman–Crippen MR) is 97.3 cm³/mol. The van der Waals surface area contributed by atoms with E-state index < -0.39 is 29.5 Å². The summed E-state index contributed by atoms with van der Waals surface area (Å²) in [5.41, 5.74) is 1.17. The second kappa shape index (κ2) is 7.27. The number of aromatic nitrogens is 1. The summed E-state index contributed by atoms with van der Waals surface area (Å²) in [4.78, 5) is 24.2. The molecule has 3 aromatic rings. The molecule has 0 unspecified atom stereocenters. The van der Waals surface area contributed by atoms with Gasteiger partial charge in [0, 0.05) is 11.1 Å². The number of benzene rings is 2. The molecule has 29 heavy (non-hydrogen) atoms. The summed E-state index contributed by atoms with van der Waals surface area (Å²) in [6.07, 6.45) is 0. The van der Waals surface area contributed by atoms with Gasteiger partial charge in [-0.25, -0.2) is 9.18 Å². The number of aromatic carboxylic acids is 1. The van der Waals surface area contributed by atoms with Crippen LogP contribution in [0.25, 0.3) is 11.3 Å². The van der Waals surface area contributed by atoms with Gasteiger partial charge in [-0.1, -0.05) is 5.16 Å². The van der Waals surface area contributed by atoms with Crippen molar-refractivity contribution in [2.24, 2.45) is 0 Å². The summed E-state index contributed by atoms with van der Waals surface area (Å²) < 4.78 is 28.7. The van der Waals surface area contributed by atoms with Crippen LogP contribution in [-0.2, 0) is 0 Å². The summed E-state index contributed by atoms with van der Waals surface area (Å²) in [5.74, 6) is -1.62. The van der Waals surface area contributed by atoms with E-state index in [0.29, 0.717) is 22.6 Å². The molecule has 9 heteroatoms. The number of carbonyl (C=O) groups excluding carboxylic acids is 1. The first-order valence-corrected chi connectivity index (χ1v) is 8.63. The molecule has 4 rings (SSSR count). The Morgan fingerprint density at radius 1 is 1.14 bits per heavy atom. The van der Waals surface area contributed by atoms with E-state index in [2.05, 4.69) is 10.5 Å². The van der Waals surface area contributed by atoms with Crippen molar-refractivity contribution in [3.8, 4) is 22.8 Å². The van der Waals surface area contributed by atoms with E-state index in [-0.39, 0.29) is 18.1 Å². The molecule has 1 aliphatic rings. The molecule has 1 aliphatic heterocycles. The van der Waals surface area contributed by atoms with Gasteiger partial charge in [-0.15, -0.1) is 0 Å². The second-order valence-electron chi connectivity index (χ2n) is 6.35. The van der Waals surface area contributed by atoms with Gasteiger partial charge >= 0.3 is 5.97 Å². The molecule has 0 spiro atoms. The Balaban J connectivity index is 1.64. The minimum absolute atomic E-state index is 0.0838. The molecule has 0 bridgehead atoms. The van der Waals surface area contributed by atoms with Crippen LogP contribution in [0.5, 0.6) is 11.5 Å². The van der Waals surface area contributed by atoms with Gasteiger partial charge in [0.05, 0.1) is 11.6 Å². The van der Waals surface area contributed by atoms with Crippen molar-refractivity contribution in [1.29, 1.82) is 0 Å². The number of carbonyl (C=O) groups is 2. The van der Waals surface area contributed by atoms with Crippen molar-refractivity contribution in [3.05, 3.63) is 65.2 Å². The fourth-order valence-electron chi connectivity index (χ4n) is 3.06. The summed E-state index contributed by atoms with van der Waals surface area (Å²) in [7, 11) is 0. The van der Waals surface area contributed by atoms with Gasteiger partial charge in [0.25, 0.3) is 5.91 Å². The van der Waals surface area contributed by atoms with Gasteiger partial charge in [-0.3, -0.25) is 4.79 Å². The monoisotopic (exact) mass is 398 g/mol. The highest BCUT2D eigenvalue weighted by Gasteiger charge is 2.28. The fraction of sp³-hybridized carbons (Fsp3) is 0.150. The van der Waals surface area contributed by atoms with Crippen LogP contribution in [-0.4, -0.2) is 28.9 Å². The van der Waals surface area contributed by atoms with Crippen LogP contribution in [0, 0.1) is 5.82 Å². The SMILES string of the molecule is C[C@@H](NC(=O)c1ccc2c(c1)OCO2)c1c(-c2ccc(F)cc2)noc1C(=O)O. The first-order chi connectivity index (χ1) is 13.9. The van der Waals surface area contributed by atoms with Crippen molar-refractivity contribution < 1.29 is 33.1 Å². The molecule has 2 heterocycles. The molecule has 0 saturated carbocycles. The number of nitrogens with one attached hydrogen (secondary N) is 1. The quantitative estimate of drug-likeness (QED) is 0.678. The average molecular weight is 398 g/mol. The minimum Gasteiger partial charge on any atom is -0.475 e. The third kappa shape index (κ3) is 3.49. The van der Waals surface area contributed by atoms with Crippen LogP contribution in [0.2, 0.25) is 0 Å². The van der Waals surface area contributed by atoms with E-state index in [1.165, 1.54) is 30.3 Å². The molecular weight excluding hydrogens is 383 g/mol. The molecule has 1 amide bonds. The zero-order valence-electron chi connectivity index (χ0n) is 15.1. The Labute approximate surface area is 163 Å². The number of carboxylic acids is 1. The van der Waals surface area contributed by atoms with E-state index in [1.54, 1.807) is 19.1 Å². The number of fused-ring (bicyclic) bond motifs is 1. The van der Waals surface area contributed by atoms with E-state index >= 15 is 0 Å². The van der Waals surface area contributed by atoms with Crippen LogP contribution in [0.4, 0.5) is 4.39 Å². The van der Waals surface area contributed by atoms with Crippen LogP contribution in [0.1, 0.15) is 39.4 Å². The molecule has 1 atom stereocenters. The molecule has 0 aliphatic carbocycles. The third-order valence-corrected chi connectivity index (χ3v) is 4.46. The van der Waals surface area contributed by atoms with Gasteiger partial charge < -0.3 is 24.4 Å². The normalized spacial score (nSPS) is 13.2. The molecule has 0 radical (unpaired) electrons. The average Bonchev–Trinajstić information content (AvgIpc) is 3.35. The Kier molecular flexibility index (Phi) is 4.63. The number of halogens is 1. The highest BCUT2D eigenvalue weighted by Crippen LogP contribution is 2.34. The van der Waals surface area contributed by atoms with E-state index in [0.717, 1.165) is 0 Å². The highest BCUT2D eigenvalue weighted by molar-refractivity contribution is 5.96. The molecule has 0 saturated heterocycles. The lowest BCUT2D eigenvalue weighted by Crippen LogP contribution is -2.27. The van der Waals surface area contributed by atoms with Crippen molar-refractivity contribution in [3.63, 3.8) is 0 Å². The van der Waals surface area contributed by atoms with Crippen LogP contribution < -0.4 is 14.8 Å². The first-order valence-electron chi connectivity index (χ1n) is 8.63. The molecule has 2 N–H and O–H groups in total. The van der Waals surface area contributed by atoms with E-state index in [9.17, 15) is 19.1 Å². The molecule has 1 aromatic heterocycles. The van der Waals surface area contributed by atoms with Crippen LogP contribution in [0.3, 0.4) is 0 Å². The number of rotatable bonds is 5. The molecule has 2 aromatic carbocycles. The van der Waals surface area contributed by atoms with Crippen molar-refractivity contribution in [2.45, 2.75) is 13.0 Å². The van der Waals surface area contributed by atoms with Gasteiger partial charge in [0.1, 0.15) is 11.5 Å². The van der Waals surface area contributed by atoms with Gasteiger partial charge in [0.2, 0.25) is 12.6 Å². The van der Waals surface area contributed by atoms with Gasteiger partial charge in [0.15, 0.2) is 11.5 Å². The summed E-state index contributed by atoms with van der Waals surface area (Å²) in [6.45, 7) is 1.69. The number of hydrogen-bond acceptors (Lipinski definition) is 6. The smallest absolute Gasteiger partial charge is 0.375 e. The van der Waals surface area contributed by atoms with E-state index in [1.807, 2.05) is 0 Å². The maximum Gasteiger partial charge on any atom is 0.375 e.